The summed E-state index contributed by atoms with van der Waals surface area (Å²) < 4.78 is 2.01. The van der Waals surface area contributed by atoms with Gasteiger partial charge < -0.3 is 0 Å². The molecule has 0 saturated carbocycles. The van der Waals surface area contributed by atoms with Gasteiger partial charge in [-0.15, -0.1) is 0 Å². The van der Waals surface area contributed by atoms with Gasteiger partial charge in [0.25, 0.3) is 0 Å². The lowest BCUT2D eigenvalue weighted by Crippen LogP contribution is -2.04. The highest BCUT2D eigenvalue weighted by Crippen LogP contribution is 2.16. The largest absolute Gasteiger partial charge is 0.278 e. The van der Waals surface area contributed by atoms with Gasteiger partial charge in [0.1, 0.15) is 0 Å². The highest BCUT2D eigenvalue weighted by Gasteiger charge is 2.09. The van der Waals surface area contributed by atoms with Crippen LogP contribution in [-0.2, 0) is 6.54 Å². The van der Waals surface area contributed by atoms with E-state index in [0.29, 0.717) is 5.02 Å². The molecule has 5 heteroatoms. The molecular weight excluding hydrogens is 320 g/mol. The maximum atomic E-state index is 5.97. The normalized spacial score (nSPS) is 11.1. The fraction of sp³-hybridized carbons (Fsp3) is 0.158. The second-order valence-corrected chi connectivity index (χ2v) is 6.04. The SMILES string of the molecule is Cc1nn(Cc2ccccc2)c(C)c1/C=N/Nc1cccc(Cl)c1. The minimum Gasteiger partial charge on any atom is -0.278 e. The summed E-state index contributed by atoms with van der Waals surface area (Å²) in [5.41, 5.74) is 8.15. The van der Waals surface area contributed by atoms with E-state index >= 15 is 0 Å². The third-order valence-corrected chi connectivity index (χ3v) is 4.06. The van der Waals surface area contributed by atoms with Crippen LogP contribution >= 0.6 is 11.6 Å². The van der Waals surface area contributed by atoms with Crippen LogP contribution in [0.4, 0.5) is 5.69 Å². The molecule has 0 amide bonds. The fourth-order valence-electron chi connectivity index (χ4n) is 2.54. The first-order valence-electron chi connectivity index (χ1n) is 7.76. The van der Waals surface area contributed by atoms with Crippen LogP contribution in [0.15, 0.2) is 59.7 Å². The summed E-state index contributed by atoms with van der Waals surface area (Å²) in [6.07, 6.45) is 1.81. The van der Waals surface area contributed by atoms with Crippen molar-refractivity contribution in [3.63, 3.8) is 0 Å². The summed E-state index contributed by atoms with van der Waals surface area (Å²) in [6, 6.07) is 17.8. The second kappa shape index (κ2) is 7.32. The average molecular weight is 339 g/mol. The molecule has 3 rings (SSSR count). The van der Waals surface area contributed by atoms with Crippen molar-refractivity contribution in [2.24, 2.45) is 5.10 Å². The van der Waals surface area contributed by atoms with Crippen molar-refractivity contribution in [1.29, 1.82) is 0 Å². The molecular formula is C19H19ClN4. The molecule has 1 N–H and O–H groups in total. The molecule has 2 aromatic carbocycles. The Morgan fingerprint density at radius 2 is 1.92 bits per heavy atom. The smallest absolute Gasteiger partial charge is 0.0685 e. The Balaban J connectivity index is 1.75. The van der Waals surface area contributed by atoms with Gasteiger partial charge in [-0.3, -0.25) is 10.1 Å². The van der Waals surface area contributed by atoms with E-state index < -0.39 is 0 Å². The van der Waals surface area contributed by atoms with E-state index in [-0.39, 0.29) is 0 Å². The number of rotatable bonds is 5. The van der Waals surface area contributed by atoms with Crippen molar-refractivity contribution in [3.8, 4) is 0 Å². The van der Waals surface area contributed by atoms with Crippen LogP contribution in [0.25, 0.3) is 0 Å². The average Bonchev–Trinajstić information content (AvgIpc) is 2.83. The van der Waals surface area contributed by atoms with Crippen LogP contribution in [0.2, 0.25) is 5.02 Å². The van der Waals surface area contributed by atoms with Gasteiger partial charge in [-0.25, -0.2) is 0 Å². The third-order valence-electron chi connectivity index (χ3n) is 3.82. The van der Waals surface area contributed by atoms with Crippen LogP contribution in [-0.4, -0.2) is 16.0 Å². The Bertz CT molecular complexity index is 853. The van der Waals surface area contributed by atoms with Gasteiger partial charge in [0.2, 0.25) is 0 Å². The molecule has 0 unspecified atom stereocenters. The summed E-state index contributed by atoms with van der Waals surface area (Å²) in [5.74, 6) is 0. The van der Waals surface area contributed by atoms with Crippen LogP contribution in [0.3, 0.4) is 0 Å². The van der Waals surface area contributed by atoms with Crippen molar-refractivity contribution >= 4 is 23.5 Å². The molecule has 24 heavy (non-hydrogen) atoms. The second-order valence-electron chi connectivity index (χ2n) is 5.61. The van der Waals surface area contributed by atoms with Gasteiger partial charge in [-0.2, -0.15) is 10.2 Å². The van der Waals surface area contributed by atoms with E-state index in [1.54, 1.807) is 6.21 Å². The highest BCUT2D eigenvalue weighted by molar-refractivity contribution is 6.30. The number of aryl methyl sites for hydroxylation is 1. The molecule has 0 saturated heterocycles. The standard InChI is InChI=1S/C19H19ClN4/c1-14-19(12-21-22-18-10-6-9-17(20)11-18)15(2)24(23-14)13-16-7-4-3-5-8-16/h3-12,22H,13H2,1-2H3/b21-12+. The summed E-state index contributed by atoms with van der Waals surface area (Å²) >= 11 is 5.97. The van der Waals surface area contributed by atoms with E-state index in [1.165, 1.54) is 5.56 Å². The quantitative estimate of drug-likeness (QED) is 0.543. The number of anilines is 1. The zero-order chi connectivity index (χ0) is 16.9. The topological polar surface area (TPSA) is 42.2 Å². The monoisotopic (exact) mass is 338 g/mol. The van der Waals surface area contributed by atoms with Crippen LogP contribution in [0, 0.1) is 13.8 Å². The molecule has 4 nitrogen and oxygen atoms in total. The Labute approximate surface area is 146 Å². The number of hydrogen-bond donors (Lipinski definition) is 1. The summed E-state index contributed by atoms with van der Waals surface area (Å²) in [7, 11) is 0. The molecule has 0 aliphatic rings. The Kier molecular flexibility index (Phi) is 4.96. The highest BCUT2D eigenvalue weighted by atomic mass is 35.5. The first kappa shape index (κ1) is 16.3. The number of halogens is 1. The number of nitrogens with one attached hydrogen (secondary N) is 1. The minimum atomic E-state index is 0.679. The lowest BCUT2D eigenvalue weighted by molar-refractivity contribution is 0.659. The zero-order valence-corrected chi connectivity index (χ0v) is 14.5. The van der Waals surface area contributed by atoms with E-state index in [4.69, 9.17) is 11.6 Å². The molecule has 0 radical (unpaired) electrons. The van der Waals surface area contributed by atoms with E-state index in [0.717, 1.165) is 29.2 Å². The number of hydrogen-bond acceptors (Lipinski definition) is 3. The maximum Gasteiger partial charge on any atom is 0.0685 e. The Morgan fingerprint density at radius 3 is 2.67 bits per heavy atom. The van der Waals surface area contributed by atoms with Crippen molar-refractivity contribution in [2.75, 3.05) is 5.43 Å². The number of aromatic nitrogens is 2. The van der Waals surface area contributed by atoms with Crippen molar-refractivity contribution in [2.45, 2.75) is 20.4 Å². The van der Waals surface area contributed by atoms with E-state index in [9.17, 15) is 0 Å². The van der Waals surface area contributed by atoms with E-state index in [2.05, 4.69) is 34.7 Å². The van der Waals surface area contributed by atoms with Crippen molar-refractivity contribution in [1.82, 2.24) is 9.78 Å². The van der Waals surface area contributed by atoms with Crippen LogP contribution in [0.1, 0.15) is 22.5 Å². The Hall–Kier alpha value is -2.59. The number of nitrogens with zero attached hydrogens (tertiary/aromatic N) is 3. The van der Waals surface area contributed by atoms with Gasteiger partial charge in [-0.05, 0) is 37.6 Å². The third kappa shape index (κ3) is 3.84. The molecule has 0 aliphatic carbocycles. The van der Waals surface area contributed by atoms with Crippen LogP contribution < -0.4 is 5.43 Å². The molecule has 0 fully saturated rings. The molecule has 0 spiro atoms. The van der Waals surface area contributed by atoms with Gasteiger partial charge in [0, 0.05) is 16.3 Å². The summed E-state index contributed by atoms with van der Waals surface area (Å²) in [4.78, 5) is 0. The van der Waals surface area contributed by atoms with Crippen molar-refractivity contribution < 1.29 is 0 Å². The van der Waals surface area contributed by atoms with Gasteiger partial charge in [0.15, 0.2) is 0 Å². The predicted molar refractivity (Wildman–Crippen MR) is 99.9 cm³/mol. The molecule has 1 aromatic heterocycles. The molecule has 0 bridgehead atoms. The van der Waals surface area contributed by atoms with Gasteiger partial charge in [-0.1, -0.05) is 48.0 Å². The van der Waals surface area contributed by atoms with Crippen molar-refractivity contribution in [3.05, 3.63) is 82.1 Å². The molecule has 3 aromatic rings. The molecule has 0 aliphatic heterocycles. The predicted octanol–water partition coefficient (Wildman–Crippen LogP) is 4.65. The van der Waals surface area contributed by atoms with Crippen LogP contribution in [0.5, 0.6) is 0 Å². The zero-order valence-electron chi connectivity index (χ0n) is 13.7. The minimum absolute atomic E-state index is 0.679. The first-order valence-corrected chi connectivity index (χ1v) is 8.14. The van der Waals surface area contributed by atoms with Gasteiger partial charge in [0.05, 0.1) is 24.1 Å². The molecule has 122 valence electrons. The summed E-state index contributed by atoms with van der Waals surface area (Å²) in [5, 5.41) is 9.61. The number of hydrazone groups is 1. The Morgan fingerprint density at radius 1 is 1.12 bits per heavy atom. The fourth-order valence-corrected chi connectivity index (χ4v) is 2.73. The molecule has 0 atom stereocenters. The summed E-state index contributed by atoms with van der Waals surface area (Å²) in [6.45, 7) is 4.81. The maximum absolute atomic E-state index is 5.97. The molecule has 1 heterocycles. The van der Waals surface area contributed by atoms with E-state index in [1.807, 2.05) is 54.1 Å². The lowest BCUT2D eigenvalue weighted by atomic mass is 10.2. The number of benzene rings is 2. The van der Waals surface area contributed by atoms with Gasteiger partial charge >= 0.3 is 0 Å². The lowest BCUT2D eigenvalue weighted by Gasteiger charge is -2.04. The first-order chi connectivity index (χ1) is 11.6.